The molecule has 66 valence electrons. The summed E-state index contributed by atoms with van der Waals surface area (Å²) >= 11 is 0. The maximum atomic E-state index is 3.58. The summed E-state index contributed by atoms with van der Waals surface area (Å²) < 4.78 is 0. The topological polar surface area (TPSA) is 12.0 Å². The molecule has 1 aliphatic heterocycles. The van der Waals surface area contributed by atoms with Crippen LogP contribution in [0.3, 0.4) is 0 Å². The van der Waals surface area contributed by atoms with Crippen LogP contribution in [-0.2, 0) is 0 Å². The fraction of sp³-hybridized carbons (Fsp3) is 1.00. The molecule has 1 rings (SSSR count). The predicted octanol–water partition coefficient (Wildman–Crippen LogP) is 2.42. The summed E-state index contributed by atoms with van der Waals surface area (Å²) in [6.45, 7) is 8.24. The molecule has 0 aromatic carbocycles. The SMILES string of the molecule is CC(C)C1CCCCNC1C. The van der Waals surface area contributed by atoms with Crippen molar-refractivity contribution >= 4 is 0 Å². The average molecular weight is 155 g/mol. The van der Waals surface area contributed by atoms with Gasteiger partial charge in [0.2, 0.25) is 0 Å². The highest BCUT2D eigenvalue weighted by Crippen LogP contribution is 2.23. The molecular weight excluding hydrogens is 134 g/mol. The van der Waals surface area contributed by atoms with E-state index in [4.69, 9.17) is 0 Å². The monoisotopic (exact) mass is 155 g/mol. The van der Waals surface area contributed by atoms with Crippen molar-refractivity contribution in [2.24, 2.45) is 11.8 Å². The minimum absolute atomic E-state index is 0.734. The standard InChI is InChI=1S/C10H21N/c1-8(2)10-6-4-5-7-11-9(10)3/h8-11H,4-7H2,1-3H3. The van der Waals surface area contributed by atoms with E-state index in [0.29, 0.717) is 0 Å². The first-order valence-corrected chi connectivity index (χ1v) is 4.95. The Morgan fingerprint density at radius 2 is 2.00 bits per heavy atom. The van der Waals surface area contributed by atoms with E-state index in [0.717, 1.165) is 17.9 Å². The largest absolute Gasteiger partial charge is 0.314 e. The lowest BCUT2D eigenvalue weighted by atomic mass is 9.86. The lowest BCUT2D eigenvalue weighted by Crippen LogP contribution is -2.34. The summed E-state index contributed by atoms with van der Waals surface area (Å²) in [6.07, 6.45) is 4.21. The zero-order valence-electron chi connectivity index (χ0n) is 8.06. The van der Waals surface area contributed by atoms with Crippen molar-refractivity contribution in [3.05, 3.63) is 0 Å². The van der Waals surface area contributed by atoms with E-state index in [9.17, 15) is 0 Å². The highest BCUT2D eigenvalue weighted by atomic mass is 14.9. The van der Waals surface area contributed by atoms with Crippen LogP contribution in [0.1, 0.15) is 40.0 Å². The van der Waals surface area contributed by atoms with Crippen LogP contribution in [0.4, 0.5) is 0 Å². The first-order valence-electron chi connectivity index (χ1n) is 4.95. The third-order valence-corrected chi connectivity index (χ3v) is 2.93. The van der Waals surface area contributed by atoms with Crippen molar-refractivity contribution in [2.45, 2.75) is 46.1 Å². The molecule has 1 heterocycles. The van der Waals surface area contributed by atoms with E-state index in [-0.39, 0.29) is 0 Å². The van der Waals surface area contributed by atoms with Crippen LogP contribution in [-0.4, -0.2) is 12.6 Å². The Kier molecular flexibility index (Phi) is 3.38. The van der Waals surface area contributed by atoms with Gasteiger partial charge in [-0.2, -0.15) is 0 Å². The summed E-state index contributed by atoms with van der Waals surface area (Å²) in [5, 5.41) is 3.58. The average Bonchev–Trinajstić information content (AvgIpc) is 2.13. The Morgan fingerprint density at radius 1 is 1.27 bits per heavy atom. The molecule has 0 spiro atoms. The molecule has 1 N–H and O–H groups in total. The molecule has 0 radical (unpaired) electrons. The molecule has 0 amide bonds. The quantitative estimate of drug-likeness (QED) is 0.613. The van der Waals surface area contributed by atoms with Crippen LogP contribution in [0.5, 0.6) is 0 Å². The number of hydrogen-bond acceptors (Lipinski definition) is 1. The highest BCUT2D eigenvalue weighted by Gasteiger charge is 2.21. The molecule has 0 aromatic heterocycles. The minimum atomic E-state index is 0.734. The van der Waals surface area contributed by atoms with Crippen LogP contribution in [0.15, 0.2) is 0 Å². The van der Waals surface area contributed by atoms with E-state index >= 15 is 0 Å². The van der Waals surface area contributed by atoms with Gasteiger partial charge in [0.05, 0.1) is 0 Å². The zero-order valence-corrected chi connectivity index (χ0v) is 8.06. The third-order valence-electron chi connectivity index (χ3n) is 2.93. The number of nitrogens with one attached hydrogen (secondary N) is 1. The van der Waals surface area contributed by atoms with Crippen LogP contribution in [0, 0.1) is 11.8 Å². The molecule has 1 aliphatic rings. The van der Waals surface area contributed by atoms with Crippen molar-refractivity contribution in [1.29, 1.82) is 0 Å². The second kappa shape index (κ2) is 4.10. The molecule has 1 heteroatoms. The van der Waals surface area contributed by atoms with Crippen molar-refractivity contribution in [2.75, 3.05) is 6.54 Å². The molecule has 0 aliphatic carbocycles. The summed E-state index contributed by atoms with van der Waals surface area (Å²) in [4.78, 5) is 0. The van der Waals surface area contributed by atoms with Gasteiger partial charge in [0.25, 0.3) is 0 Å². The minimum Gasteiger partial charge on any atom is -0.314 e. The van der Waals surface area contributed by atoms with Gasteiger partial charge in [-0.25, -0.2) is 0 Å². The van der Waals surface area contributed by atoms with Gasteiger partial charge in [-0.15, -0.1) is 0 Å². The lowest BCUT2D eigenvalue weighted by Gasteiger charge is -2.25. The Hall–Kier alpha value is -0.0400. The zero-order chi connectivity index (χ0) is 8.27. The molecule has 0 bridgehead atoms. The van der Waals surface area contributed by atoms with Crippen LogP contribution < -0.4 is 5.32 Å². The smallest absolute Gasteiger partial charge is 0.00694 e. The van der Waals surface area contributed by atoms with Gasteiger partial charge in [0.1, 0.15) is 0 Å². The highest BCUT2D eigenvalue weighted by molar-refractivity contribution is 4.77. The number of rotatable bonds is 1. The van der Waals surface area contributed by atoms with Gasteiger partial charge in [-0.1, -0.05) is 20.3 Å². The Labute approximate surface area is 70.6 Å². The summed E-state index contributed by atoms with van der Waals surface area (Å²) in [6, 6.07) is 0.734. The summed E-state index contributed by atoms with van der Waals surface area (Å²) in [5.74, 6) is 1.74. The van der Waals surface area contributed by atoms with Crippen molar-refractivity contribution in [3.8, 4) is 0 Å². The molecule has 0 saturated carbocycles. The lowest BCUT2D eigenvalue weighted by molar-refractivity contribution is 0.292. The molecule has 2 unspecified atom stereocenters. The fourth-order valence-corrected chi connectivity index (χ4v) is 2.15. The van der Waals surface area contributed by atoms with Gasteiger partial charge < -0.3 is 5.32 Å². The van der Waals surface area contributed by atoms with Crippen LogP contribution in [0.25, 0.3) is 0 Å². The first-order chi connectivity index (χ1) is 5.22. The molecule has 11 heavy (non-hydrogen) atoms. The van der Waals surface area contributed by atoms with Crippen LogP contribution >= 0.6 is 0 Å². The molecule has 0 aromatic rings. The van der Waals surface area contributed by atoms with Crippen LogP contribution in [0.2, 0.25) is 0 Å². The first kappa shape index (κ1) is 9.05. The van der Waals surface area contributed by atoms with E-state index in [1.807, 2.05) is 0 Å². The third kappa shape index (κ3) is 2.48. The second-order valence-corrected chi connectivity index (χ2v) is 4.15. The number of hydrogen-bond donors (Lipinski definition) is 1. The van der Waals surface area contributed by atoms with Crippen molar-refractivity contribution < 1.29 is 0 Å². The van der Waals surface area contributed by atoms with Gasteiger partial charge >= 0.3 is 0 Å². The Balaban J connectivity index is 2.45. The Bertz CT molecular complexity index is 109. The molecule has 1 fully saturated rings. The van der Waals surface area contributed by atoms with E-state index in [1.54, 1.807) is 0 Å². The normalized spacial score (nSPS) is 33.8. The maximum Gasteiger partial charge on any atom is 0.00694 e. The van der Waals surface area contributed by atoms with E-state index in [2.05, 4.69) is 26.1 Å². The molecular formula is C10H21N. The second-order valence-electron chi connectivity index (χ2n) is 4.15. The van der Waals surface area contributed by atoms with E-state index < -0.39 is 0 Å². The Morgan fingerprint density at radius 3 is 2.64 bits per heavy atom. The molecule has 2 atom stereocenters. The fourth-order valence-electron chi connectivity index (χ4n) is 2.15. The van der Waals surface area contributed by atoms with Gasteiger partial charge in [0.15, 0.2) is 0 Å². The van der Waals surface area contributed by atoms with Gasteiger partial charge in [-0.05, 0) is 38.1 Å². The molecule has 1 saturated heterocycles. The summed E-state index contributed by atoms with van der Waals surface area (Å²) in [5.41, 5.74) is 0. The summed E-state index contributed by atoms with van der Waals surface area (Å²) in [7, 11) is 0. The van der Waals surface area contributed by atoms with E-state index in [1.165, 1.54) is 25.8 Å². The molecule has 1 nitrogen and oxygen atoms in total. The van der Waals surface area contributed by atoms with Gasteiger partial charge in [0, 0.05) is 6.04 Å². The maximum absolute atomic E-state index is 3.58. The van der Waals surface area contributed by atoms with Gasteiger partial charge in [-0.3, -0.25) is 0 Å². The predicted molar refractivity (Wildman–Crippen MR) is 49.6 cm³/mol. The van der Waals surface area contributed by atoms with Crippen molar-refractivity contribution in [1.82, 2.24) is 5.32 Å². The van der Waals surface area contributed by atoms with Crippen molar-refractivity contribution in [3.63, 3.8) is 0 Å².